The van der Waals surface area contributed by atoms with Gasteiger partial charge in [0.25, 0.3) is 0 Å². The third kappa shape index (κ3) is 2.68. The SMILES string of the molecule is Cc1cc(Cl)cc(C(O)c2ccc(F)cc2F)c1. The Bertz CT molecular complexity index is 564. The minimum Gasteiger partial charge on any atom is -0.384 e. The Morgan fingerprint density at radius 2 is 1.83 bits per heavy atom. The summed E-state index contributed by atoms with van der Waals surface area (Å²) in [6.07, 6.45) is -1.16. The molecule has 1 atom stereocenters. The van der Waals surface area contributed by atoms with E-state index in [9.17, 15) is 13.9 Å². The van der Waals surface area contributed by atoms with E-state index in [4.69, 9.17) is 11.6 Å². The second kappa shape index (κ2) is 5.04. The molecule has 0 heterocycles. The van der Waals surface area contributed by atoms with Crippen LogP contribution in [0.3, 0.4) is 0 Å². The molecule has 18 heavy (non-hydrogen) atoms. The van der Waals surface area contributed by atoms with Gasteiger partial charge in [0.1, 0.15) is 17.7 Å². The summed E-state index contributed by atoms with van der Waals surface area (Å²) in [5.41, 5.74) is 1.36. The highest BCUT2D eigenvalue weighted by Crippen LogP contribution is 2.27. The minimum absolute atomic E-state index is 0.0260. The first kappa shape index (κ1) is 13.0. The second-order valence-corrected chi connectivity index (χ2v) is 4.57. The summed E-state index contributed by atoms with van der Waals surface area (Å²) in [7, 11) is 0. The van der Waals surface area contributed by atoms with Gasteiger partial charge in [0, 0.05) is 16.7 Å². The van der Waals surface area contributed by atoms with Crippen LogP contribution in [-0.4, -0.2) is 5.11 Å². The van der Waals surface area contributed by atoms with E-state index in [1.807, 2.05) is 6.92 Å². The fraction of sp³-hybridized carbons (Fsp3) is 0.143. The zero-order valence-corrected chi connectivity index (χ0v) is 10.4. The number of rotatable bonds is 2. The predicted octanol–water partition coefficient (Wildman–Crippen LogP) is 4.01. The molecule has 1 N–H and O–H groups in total. The number of hydrogen-bond donors (Lipinski definition) is 1. The van der Waals surface area contributed by atoms with Crippen LogP contribution in [0.5, 0.6) is 0 Å². The molecule has 4 heteroatoms. The van der Waals surface area contributed by atoms with Gasteiger partial charge in [-0.15, -0.1) is 0 Å². The van der Waals surface area contributed by atoms with Gasteiger partial charge in [0.15, 0.2) is 0 Å². The lowest BCUT2D eigenvalue weighted by molar-refractivity contribution is 0.214. The number of aliphatic hydroxyl groups excluding tert-OH is 1. The summed E-state index contributed by atoms with van der Waals surface area (Å²) in [4.78, 5) is 0. The van der Waals surface area contributed by atoms with Crippen LogP contribution in [0, 0.1) is 18.6 Å². The van der Waals surface area contributed by atoms with Crippen LogP contribution in [0.25, 0.3) is 0 Å². The Balaban J connectivity index is 2.44. The van der Waals surface area contributed by atoms with Crippen LogP contribution in [0.2, 0.25) is 5.02 Å². The van der Waals surface area contributed by atoms with Crippen LogP contribution in [0.1, 0.15) is 22.8 Å². The predicted molar refractivity (Wildman–Crippen MR) is 66.6 cm³/mol. The molecule has 1 nitrogen and oxygen atoms in total. The Kier molecular flexibility index (Phi) is 3.64. The molecule has 0 aromatic heterocycles. The number of halogens is 3. The lowest BCUT2D eigenvalue weighted by Gasteiger charge is -2.13. The molecule has 2 aromatic carbocycles. The molecule has 0 spiro atoms. The molecule has 1 unspecified atom stereocenters. The first-order chi connectivity index (χ1) is 8.47. The van der Waals surface area contributed by atoms with Crippen LogP contribution in [-0.2, 0) is 0 Å². The third-order valence-corrected chi connectivity index (χ3v) is 2.86. The number of aliphatic hydroxyl groups is 1. The summed E-state index contributed by atoms with van der Waals surface area (Å²) < 4.78 is 26.4. The van der Waals surface area contributed by atoms with Crippen molar-refractivity contribution >= 4 is 11.6 Å². The van der Waals surface area contributed by atoms with E-state index in [1.165, 1.54) is 6.07 Å². The maximum absolute atomic E-state index is 13.6. The van der Waals surface area contributed by atoms with E-state index >= 15 is 0 Å². The number of benzene rings is 2. The standard InChI is InChI=1S/C14H11ClF2O/c1-8-4-9(6-10(15)5-8)14(18)12-3-2-11(16)7-13(12)17/h2-7,14,18H,1H3. The van der Waals surface area contributed by atoms with Gasteiger partial charge in [0.2, 0.25) is 0 Å². The molecule has 94 valence electrons. The maximum Gasteiger partial charge on any atom is 0.132 e. The molecule has 0 amide bonds. The third-order valence-electron chi connectivity index (χ3n) is 2.64. The van der Waals surface area contributed by atoms with Crippen molar-refractivity contribution in [2.75, 3.05) is 0 Å². The smallest absolute Gasteiger partial charge is 0.132 e. The van der Waals surface area contributed by atoms with Crippen molar-refractivity contribution in [1.82, 2.24) is 0 Å². The van der Waals surface area contributed by atoms with Crippen molar-refractivity contribution in [2.45, 2.75) is 13.0 Å². The normalized spacial score (nSPS) is 12.5. The quantitative estimate of drug-likeness (QED) is 0.873. The topological polar surface area (TPSA) is 20.2 Å². The highest BCUT2D eigenvalue weighted by atomic mass is 35.5. The zero-order chi connectivity index (χ0) is 13.3. The lowest BCUT2D eigenvalue weighted by Crippen LogP contribution is -2.03. The molecule has 0 aliphatic carbocycles. The Morgan fingerprint density at radius 1 is 1.11 bits per heavy atom. The first-order valence-corrected chi connectivity index (χ1v) is 5.75. The fourth-order valence-electron chi connectivity index (χ4n) is 1.83. The molecule has 2 aromatic rings. The summed E-state index contributed by atoms with van der Waals surface area (Å²) in [6, 6.07) is 8.08. The van der Waals surface area contributed by atoms with Crippen molar-refractivity contribution < 1.29 is 13.9 Å². The van der Waals surface area contributed by atoms with Crippen molar-refractivity contribution in [1.29, 1.82) is 0 Å². The average molecular weight is 269 g/mol. The molecule has 0 fully saturated rings. The van der Waals surface area contributed by atoms with Gasteiger partial charge in [-0.25, -0.2) is 8.78 Å². The van der Waals surface area contributed by atoms with Gasteiger partial charge >= 0.3 is 0 Å². The van der Waals surface area contributed by atoms with Crippen molar-refractivity contribution in [2.24, 2.45) is 0 Å². The van der Waals surface area contributed by atoms with Crippen LogP contribution in [0.4, 0.5) is 8.78 Å². The van der Waals surface area contributed by atoms with Crippen LogP contribution >= 0.6 is 11.6 Å². The van der Waals surface area contributed by atoms with E-state index < -0.39 is 17.7 Å². The summed E-state index contributed by atoms with van der Waals surface area (Å²) in [6.45, 7) is 1.82. The van der Waals surface area contributed by atoms with Gasteiger partial charge in [-0.2, -0.15) is 0 Å². The van der Waals surface area contributed by atoms with E-state index in [0.29, 0.717) is 10.6 Å². The molecule has 0 saturated heterocycles. The molecule has 0 saturated carbocycles. The largest absolute Gasteiger partial charge is 0.384 e. The van der Waals surface area contributed by atoms with Gasteiger partial charge < -0.3 is 5.11 Å². The molecule has 2 rings (SSSR count). The molecule has 0 radical (unpaired) electrons. The van der Waals surface area contributed by atoms with E-state index in [2.05, 4.69) is 0 Å². The summed E-state index contributed by atoms with van der Waals surface area (Å²) in [5, 5.41) is 10.6. The van der Waals surface area contributed by atoms with Gasteiger partial charge in [-0.3, -0.25) is 0 Å². The van der Waals surface area contributed by atoms with E-state index in [-0.39, 0.29) is 5.56 Å². The van der Waals surface area contributed by atoms with Crippen LogP contribution in [0.15, 0.2) is 36.4 Å². The number of aryl methyl sites for hydroxylation is 1. The van der Waals surface area contributed by atoms with E-state index in [0.717, 1.165) is 17.7 Å². The van der Waals surface area contributed by atoms with Crippen molar-refractivity contribution in [3.63, 3.8) is 0 Å². The Hall–Kier alpha value is -1.45. The molecule has 0 aliphatic rings. The molecule has 0 bridgehead atoms. The highest BCUT2D eigenvalue weighted by Gasteiger charge is 2.16. The summed E-state index contributed by atoms with van der Waals surface area (Å²) >= 11 is 5.88. The van der Waals surface area contributed by atoms with Crippen molar-refractivity contribution in [3.05, 3.63) is 69.7 Å². The lowest BCUT2D eigenvalue weighted by atomic mass is 9.99. The van der Waals surface area contributed by atoms with Gasteiger partial charge in [0.05, 0.1) is 0 Å². The summed E-state index contributed by atoms with van der Waals surface area (Å²) in [5.74, 6) is -1.45. The highest BCUT2D eigenvalue weighted by molar-refractivity contribution is 6.30. The Labute approximate surface area is 109 Å². The first-order valence-electron chi connectivity index (χ1n) is 5.37. The molecule has 0 aliphatic heterocycles. The minimum atomic E-state index is -1.16. The van der Waals surface area contributed by atoms with Crippen molar-refractivity contribution in [3.8, 4) is 0 Å². The van der Waals surface area contributed by atoms with E-state index in [1.54, 1.807) is 18.2 Å². The average Bonchev–Trinajstić information content (AvgIpc) is 2.26. The Morgan fingerprint density at radius 3 is 2.44 bits per heavy atom. The molecular weight excluding hydrogens is 258 g/mol. The zero-order valence-electron chi connectivity index (χ0n) is 9.62. The van der Waals surface area contributed by atoms with Gasteiger partial charge in [-0.1, -0.05) is 23.7 Å². The second-order valence-electron chi connectivity index (χ2n) is 4.13. The monoisotopic (exact) mass is 268 g/mol. The fourth-order valence-corrected chi connectivity index (χ4v) is 2.12. The van der Waals surface area contributed by atoms with Gasteiger partial charge in [-0.05, 0) is 36.2 Å². The maximum atomic E-state index is 13.6. The van der Waals surface area contributed by atoms with Crippen LogP contribution < -0.4 is 0 Å². The molecular formula is C14H11ClF2O. The number of hydrogen-bond acceptors (Lipinski definition) is 1.